The molecule has 108 valence electrons. The van der Waals surface area contributed by atoms with Gasteiger partial charge in [-0.1, -0.05) is 44.2 Å². The van der Waals surface area contributed by atoms with Crippen molar-refractivity contribution in [1.29, 1.82) is 5.26 Å². The molecule has 5 nitrogen and oxygen atoms in total. The average molecular weight is 276 g/mol. The second-order valence-electron chi connectivity index (χ2n) is 5.02. The van der Waals surface area contributed by atoms with Gasteiger partial charge in [0.1, 0.15) is 6.61 Å². The maximum absolute atomic E-state index is 11.7. The van der Waals surface area contributed by atoms with Gasteiger partial charge in [0.15, 0.2) is 6.10 Å². The number of aliphatic hydroxyl groups is 1. The van der Waals surface area contributed by atoms with Gasteiger partial charge in [0, 0.05) is 0 Å². The Morgan fingerprint density at radius 3 is 2.60 bits per heavy atom. The summed E-state index contributed by atoms with van der Waals surface area (Å²) in [5.74, 6) is 0.248. The quantitative estimate of drug-likeness (QED) is 0.780. The van der Waals surface area contributed by atoms with Gasteiger partial charge < -0.3 is 15.2 Å². The van der Waals surface area contributed by atoms with Gasteiger partial charge in [0.2, 0.25) is 0 Å². The summed E-state index contributed by atoms with van der Waals surface area (Å²) in [5, 5.41) is 20.9. The summed E-state index contributed by atoms with van der Waals surface area (Å²) < 4.78 is 5.06. The fourth-order valence-corrected chi connectivity index (χ4v) is 1.78. The molecule has 0 saturated heterocycles. The van der Waals surface area contributed by atoms with Gasteiger partial charge in [-0.05, 0) is 17.9 Å². The number of carbonyl (C=O) groups is 1. The standard InChI is InChI=1S/C15H20N2O3/c1-11(2)8-13(14(18)9-16)17-15(19)20-10-12-6-4-3-5-7-12/h3-7,11,13-14,18H,8,10H2,1-2H3,(H,17,19). The molecule has 0 fully saturated rings. The molecular weight excluding hydrogens is 256 g/mol. The Balaban J connectivity index is 2.47. The molecule has 0 saturated carbocycles. The highest BCUT2D eigenvalue weighted by atomic mass is 16.5. The molecule has 2 unspecified atom stereocenters. The number of aliphatic hydroxyl groups excluding tert-OH is 1. The first kappa shape index (κ1) is 16.0. The summed E-state index contributed by atoms with van der Waals surface area (Å²) >= 11 is 0. The number of alkyl carbamates (subject to hydrolysis) is 1. The third-order valence-corrected chi connectivity index (χ3v) is 2.75. The highest BCUT2D eigenvalue weighted by molar-refractivity contribution is 5.67. The number of nitriles is 1. The van der Waals surface area contributed by atoms with Crippen molar-refractivity contribution in [2.24, 2.45) is 5.92 Å². The van der Waals surface area contributed by atoms with Crippen molar-refractivity contribution in [3.8, 4) is 6.07 Å². The van der Waals surface area contributed by atoms with E-state index in [9.17, 15) is 9.90 Å². The van der Waals surface area contributed by atoms with Crippen molar-refractivity contribution in [3.63, 3.8) is 0 Å². The lowest BCUT2D eigenvalue weighted by atomic mass is 10.00. The van der Waals surface area contributed by atoms with E-state index in [1.807, 2.05) is 44.2 Å². The number of benzene rings is 1. The summed E-state index contributed by atoms with van der Waals surface area (Å²) in [6.45, 7) is 4.06. The molecule has 2 atom stereocenters. The van der Waals surface area contributed by atoms with E-state index in [-0.39, 0.29) is 12.5 Å². The predicted octanol–water partition coefficient (Wildman–Crippen LogP) is 2.21. The molecule has 5 heteroatoms. The maximum Gasteiger partial charge on any atom is 0.407 e. The van der Waals surface area contributed by atoms with Crippen LogP contribution in [-0.4, -0.2) is 23.3 Å². The van der Waals surface area contributed by atoms with Crippen LogP contribution in [0.4, 0.5) is 4.79 Å². The van der Waals surface area contributed by atoms with E-state index in [1.54, 1.807) is 6.07 Å². The fourth-order valence-electron chi connectivity index (χ4n) is 1.78. The molecule has 0 bridgehead atoms. The van der Waals surface area contributed by atoms with Gasteiger partial charge in [-0.15, -0.1) is 0 Å². The van der Waals surface area contributed by atoms with E-state index in [0.717, 1.165) is 5.56 Å². The minimum Gasteiger partial charge on any atom is -0.445 e. The summed E-state index contributed by atoms with van der Waals surface area (Å²) in [6.07, 6.45) is -1.36. The van der Waals surface area contributed by atoms with Crippen LogP contribution >= 0.6 is 0 Å². The van der Waals surface area contributed by atoms with Gasteiger partial charge in [0.05, 0.1) is 12.1 Å². The number of hydrogen-bond acceptors (Lipinski definition) is 4. The lowest BCUT2D eigenvalue weighted by Crippen LogP contribution is -2.43. The maximum atomic E-state index is 11.7. The molecular formula is C15H20N2O3. The van der Waals surface area contributed by atoms with Crippen molar-refractivity contribution in [1.82, 2.24) is 5.32 Å². The van der Waals surface area contributed by atoms with Crippen molar-refractivity contribution in [2.75, 3.05) is 0 Å². The number of ether oxygens (including phenoxy) is 1. The van der Waals surface area contributed by atoms with E-state index in [2.05, 4.69) is 5.32 Å². The Labute approximate surface area is 119 Å². The first-order valence-electron chi connectivity index (χ1n) is 6.57. The van der Waals surface area contributed by atoms with E-state index < -0.39 is 18.2 Å². The zero-order valence-electron chi connectivity index (χ0n) is 11.7. The molecule has 0 radical (unpaired) electrons. The molecule has 0 heterocycles. The topological polar surface area (TPSA) is 82.3 Å². The Morgan fingerprint density at radius 1 is 1.40 bits per heavy atom. The number of nitrogens with one attached hydrogen (secondary N) is 1. The van der Waals surface area contributed by atoms with Gasteiger partial charge in [0.25, 0.3) is 0 Å². The van der Waals surface area contributed by atoms with Crippen LogP contribution in [0.3, 0.4) is 0 Å². The number of hydrogen-bond donors (Lipinski definition) is 2. The molecule has 1 aromatic carbocycles. The molecule has 1 aromatic rings. The number of amides is 1. The summed E-state index contributed by atoms with van der Waals surface area (Å²) in [4.78, 5) is 11.7. The number of carbonyl (C=O) groups excluding carboxylic acids is 1. The molecule has 0 aliphatic rings. The Bertz CT molecular complexity index is 454. The van der Waals surface area contributed by atoms with Crippen LogP contribution < -0.4 is 5.32 Å². The molecule has 2 N–H and O–H groups in total. The molecule has 20 heavy (non-hydrogen) atoms. The molecule has 0 aliphatic carbocycles. The van der Waals surface area contributed by atoms with E-state index in [1.165, 1.54) is 0 Å². The van der Waals surface area contributed by atoms with Crippen LogP contribution in [0.2, 0.25) is 0 Å². The average Bonchev–Trinajstić information content (AvgIpc) is 2.44. The SMILES string of the molecule is CC(C)CC(NC(=O)OCc1ccccc1)C(O)C#N. The van der Waals surface area contributed by atoms with Crippen LogP contribution in [0.5, 0.6) is 0 Å². The van der Waals surface area contributed by atoms with Crippen LogP contribution in [0.15, 0.2) is 30.3 Å². The highest BCUT2D eigenvalue weighted by Crippen LogP contribution is 2.09. The second kappa shape index (κ2) is 8.18. The summed E-state index contributed by atoms with van der Waals surface area (Å²) in [7, 11) is 0. The molecule has 0 aliphatic heterocycles. The minimum absolute atomic E-state index is 0.156. The number of rotatable bonds is 6. The lowest BCUT2D eigenvalue weighted by molar-refractivity contribution is 0.115. The van der Waals surface area contributed by atoms with E-state index in [4.69, 9.17) is 10.00 Å². The first-order chi connectivity index (χ1) is 9.52. The lowest BCUT2D eigenvalue weighted by Gasteiger charge is -2.21. The Kier molecular flexibility index (Phi) is 6.54. The van der Waals surface area contributed by atoms with Crippen molar-refractivity contribution < 1.29 is 14.6 Å². The van der Waals surface area contributed by atoms with Crippen LogP contribution in [0, 0.1) is 17.2 Å². The molecule has 1 rings (SSSR count). The van der Waals surface area contributed by atoms with Crippen molar-refractivity contribution in [2.45, 2.75) is 39.0 Å². The van der Waals surface area contributed by atoms with E-state index >= 15 is 0 Å². The van der Waals surface area contributed by atoms with Crippen LogP contribution in [0.1, 0.15) is 25.8 Å². The third kappa shape index (κ3) is 5.72. The van der Waals surface area contributed by atoms with Gasteiger partial charge >= 0.3 is 6.09 Å². The summed E-state index contributed by atoms with van der Waals surface area (Å²) in [6, 6.07) is 10.4. The van der Waals surface area contributed by atoms with Crippen molar-refractivity contribution >= 4 is 6.09 Å². The van der Waals surface area contributed by atoms with Crippen LogP contribution in [0.25, 0.3) is 0 Å². The first-order valence-corrected chi connectivity index (χ1v) is 6.57. The fraction of sp³-hybridized carbons (Fsp3) is 0.467. The van der Waals surface area contributed by atoms with Gasteiger partial charge in [-0.25, -0.2) is 4.79 Å². The second-order valence-corrected chi connectivity index (χ2v) is 5.02. The number of nitrogens with zero attached hydrogens (tertiary/aromatic N) is 1. The van der Waals surface area contributed by atoms with E-state index in [0.29, 0.717) is 6.42 Å². The zero-order valence-corrected chi connectivity index (χ0v) is 11.7. The van der Waals surface area contributed by atoms with Gasteiger partial charge in [-0.3, -0.25) is 0 Å². The smallest absolute Gasteiger partial charge is 0.407 e. The molecule has 1 amide bonds. The molecule has 0 aromatic heterocycles. The molecule has 0 spiro atoms. The Hall–Kier alpha value is -2.06. The zero-order chi connectivity index (χ0) is 15.0. The Morgan fingerprint density at radius 2 is 2.05 bits per heavy atom. The van der Waals surface area contributed by atoms with Gasteiger partial charge in [-0.2, -0.15) is 5.26 Å². The largest absolute Gasteiger partial charge is 0.445 e. The highest BCUT2D eigenvalue weighted by Gasteiger charge is 2.22. The monoisotopic (exact) mass is 276 g/mol. The predicted molar refractivity (Wildman–Crippen MR) is 74.6 cm³/mol. The van der Waals surface area contributed by atoms with Crippen molar-refractivity contribution in [3.05, 3.63) is 35.9 Å². The third-order valence-electron chi connectivity index (χ3n) is 2.75. The summed E-state index contributed by atoms with van der Waals surface area (Å²) in [5.41, 5.74) is 0.879. The minimum atomic E-state index is -1.23. The van der Waals surface area contributed by atoms with Crippen LogP contribution in [-0.2, 0) is 11.3 Å². The normalized spacial score (nSPS) is 13.3.